The second kappa shape index (κ2) is 4.57. The fraction of sp³-hybridized carbons (Fsp3) is 1.00. The average Bonchev–Trinajstić information content (AvgIpc) is 2.15. The molecule has 1 fully saturated rings. The molecule has 0 aromatic heterocycles. The van der Waals surface area contributed by atoms with Crippen LogP contribution in [0.5, 0.6) is 0 Å². The van der Waals surface area contributed by atoms with Crippen LogP contribution in [-0.4, -0.2) is 47.2 Å². The Morgan fingerprint density at radius 1 is 1.29 bits per heavy atom. The van der Waals surface area contributed by atoms with Gasteiger partial charge in [-0.2, -0.15) is 0 Å². The summed E-state index contributed by atoms with van der Waals surface area (Å²) in [7, 11) is 0. The molecule has 0 saturated heterocycles. The van der Waals surface area contributed by atoms with Gasteiger partial charge in [0, 0.05) is 18.5 Å². The van der Waals surface area contributed by atoms with Crippen molar-refractivity contribution in [2.75, 3.05) is 26.3 Å². The van der Waals surface area contributed by atoms with Gasteiger partial charge < -0.3 is 20.6 Å². The quantitative estimate of drug-likeness (QED) is 0.469. The SMILES string of the molecule is CC(CO)(CO)CNCC1(O)CCC1. The standard InChI is InChI=1S/C10H21NO3/c1-9(7-12,8-13)5-11-6-10(14)3-2-4-10/h11-14H,2-8H2,1H3. The summed E-state index contributed by atoms with van der Waals surface area (Å²) in [6.45, 7) is 2.81. The molecule has 1 aliphatic rings. The fourth-order valence-corrected chi connectivity index (χ4v) is 1.52. The number of hydrogen-bond donors (Lipinski definition) is 4. The molecule has 1 rings (SSSR count). The van der Waals surface area contributed by atoms with Crippen LogP contribution >= 0.6 is 0 Å². The first-order valence-corrected chi connectivity index (χ1v) is 5.18. The first-order chi connectivity index (χ1) is 6.54. The third-order valence-corrected chi connectivity index (χ3v) is 3.05. The maximum atomic E-state index is 9.76. The van der Waals surface area contributed by atoms with Gasteiger partial charge in [-0.1, -0.05) is 6.92 Å². The van der Waals surface area contributed by atoms with Gasteiger partial charge in [0.1, 0.15) is 0 Å². The van der Waals surface area contributed by atoms with Crippen LogP contribution in [0.3, 0.4) is 0 Å². The molecule has 0 aliphatic heterocycles. The minimum absolute atomic E-state index is 0.0467. The van der Waals surface area contributed by atoms with Gasteiger partial charge in [0.15, 0.2) is 0 Å². The number of rotatable bonds is 6. The van der Waals surface area contributed by atoms with Gasteiger partial charge in [0.25, 0.3) is 0 Å². The van der Waals surface area contributed by atoms with E-state index in [0.717, 1.165) is 19.3 Å². The van der Waals surface area contributed by atoms with E-state index < -0.39 is 11.0 Å². The summed E-state index contributed by atoms with van der Waals surface area (Å²) < 4.78 is 0. The summed E-state index contributed by atoms with van der Waals surface area (Å²) in [5.41, 5.74) is -1.02. The fourth-order valence-electron chi connectivity index (χ4n) is 1.52. The highest BCUT2D eigenvalue weighted by atomic mass is 16.3. The summed E-state index contributed by atoms with van der Waals surface area (Å²) in [4.78, 5) is 0. The van der Waals surface area contributed by atoms with Crippen molar-refractivity contribution in [1.82, 2.24) is 5.32 Å². The molecule has 4 heteroatoms. The lowest BCUT2D eigenvalue weighted by atomic mass is 9.80. The molecule has 0 unspecified atom stereocenters. The minimum Gasteiger partial charge on any atom is -0.396 e. The maximum Gasteiger partial charge on any atom is 0.0771 e. The van der Waals surface area contributed by atoms with Crippen LogP contribution in [0, 0.1) is 5.41 Å². The van der Waals surface area contributed by atoms with Crippen molar-refractivity contribution in [2.24, 2.45) is 5.41 Å². The van der Waals surface area contributed by atoms with E-state index in [0.29, 0.717) is 13.1 Å². The van der Waals surface area contributed by atoms with Crippen molar-refractivity contribution in [1.29, 1.82) is 0 Å². The normalized spacial score (nSPS) is 20.6. The van der Waals surface area contributed by atoms with Crippen molar-refractivity contribution in [3.8, 4) is 0 Å². The van der Waals surface area contributed by atoms with Crippen LogP contribution in [0.2, 0.25) is 0 Å². The van der Waals surface area contributed by atoms with Crippen molar-refractivity contribution in [3.63, 3.8) is 0 Å². The molecule has 0 amide bonds. The third kappa shape index (κ3) is 2.92. The molecule has 0 aromatic rings. The summed E-state index contributed by atoms with van der Waals surface area (Å²) in [5, 5.41) is 30.9. The Bertz CT molecular complexity index is 176. The second-order valence-electron chi connectivity index (χ2n) is 4.81. The Hall–Kier alpha value is -0.160. The molecular formula is C10H21NO3. The molecule has 1 aliphatic carbocycles. The lowest BCUT2D eigenvalue weighted by molar-refractivity contribution is -0.0351. The van der Waals surface area contributed by atoms with Gasteiger partial charge >= 0.3 is 0 Å². The molecule has 0 atom stereocenters. The Kier molecular flexibility index (Phi) is 3.89. The van der Waals surface area contributed by atoms with Gasteiger partial charge in [-0.15, -0.1) is 0 Å². The highest BCUT2D eigenvalue weighted by Gasteiger charge is 2.34. The number of aliphatic hydroxyl groups is 3. The zero-order valence-electron chi connectivity index (χ0n) is 8.79. The van der Waals surface area contributed by atoms with E-state index in [9.17, 15) is 5.11 Å². The van der Waals surface area contributed by atoms with Crippen molar-refractivity contribution in [3.05, 3.63) is 0 Å². The van der Waals surface area contributed by atoms with Gasteiger partial charge in [-0.25, -0.2) is 0 Å². The van der Waals surface area contributed by atoms with Crippen molar-refractivity contribution < 1.29 is 15.3 Å². The van der Waals surface area contributed by atoms with Crippen LogP contribution < -0.4 is 5.32 Å². The van der Waals surface area contributed by atoms with Gasteiger partial charge in [-0.05, 0) is 19.3 Å². The van der Waals surface area contributed by atoms with E-state index in [1.165, 1.54) is 0 Å². The highest BCUT2D eigenvalue weighted by molar-refractivity contribution is 4.90. The van der Waals surface area contributed by atoms with Crippen LogP contribution in [-0.2, 0) is 0 Å². The largest absolute Gasteiger partial charge is 0.396 e. The van der Waals surface area contributed by atoms with Gasteiger partial charge in [0.2, 0.25) is 0 Å². The topological polar surface area (TPSA) is 72.7 Å². The summed E-state index contributed by atoms with van der Waals surface area (Å²) in [5.74, 6) is 0. The molecule has 0 heterocycles. The number of hydrogen-bond acceptors (Lipinski definition) is 4. The third-order valence-electron chi connectivity index (χ3n) is 3.05. The molecule has 0 bridgehead atoms. The smallest absolute Gasteiger partial charge is 0.0771 e. The number of aliphatic hydroxyl groups excluding tert-OH is 2. The Morgan fingerprint density at radius 3 is 2.21 bits per heavy atom. The Balaban J connectivity index is 2.19. The predicted molar refractivity (Wildman–Crippen MR) is 53.9 cm³/mol. The molecule has 0 radical (unpaired) electrons. The van der Waals surface area contributed by atoms with E-state index in [1.807, 2.05) is 6.92 Å². The Labute approximate surface area is 85.0 Å². The Morgan fingerprint density at radius 2 is 1.86 bits per heavy atom. The van der Waals surface area contributed by atoms with Crippen LogP contribution in [0.1, 0.15) is 26.2 Å². The monoisotopic (exact) mass is 203 g/mol. The van der Waals surface area contributed by atoms with E-state index in [2.05, 4.69) is 5.32 Å². The van der Waals surface area contributed by atoms with Crippen LogP contribution in [0.25, 0.3) is 0 Å². The van der Waals surface area contributed by atoms with E-state index >= 15 is 0 Å². The van der Waals surface area contributed by atoms with E-state index in [4.69, 9.17) is 10.2 Å². The molecule has 1 saturated carbocycles. The predicted octanol–water partition coefficient (Wildman–Crippen LogP) is -0.518. The molecule has 4 nitrogen and oxygen atoms in total. The van der Waals surface area contributed by atoms with E-state index in [-0.39, 0.29) is 13.2 Å². The average molecular weight is 203 g/mol. The molecule has 84 valence electrons. The first-order valence-electron chi connectivity index (χ1n) is 5.18. The van der Waals surface area contributed by atoms with Crippen molar-refractivity contribution >= 4 is 0 Å². The second-order valence-corrected chi connectivity index (χ2v) is 4.81. The molecule has 0 aromatic carbocycles. The zero-order valence-corrected chi connectivity index (χ0v) is 8.79. The molecule has 4 N–H and O–H groups in total. The lowest BCUT2D eigenvalue weighted by Crippen LogP contribution is -2.49. The molecular weight excluding hydrogens is 182 g/mol. The molecule has 14 heavy (non-hydrogen) atoms. The van der Waals surface area contributed by atoms with Crippen molar-refractivity contribution in [2.45, 2.75) is 31.8 Å². The summed E-state index contributed by atoms with van der Waals surface area (Å²) in [6, 6.07) is 0. The lowest BCUT2D eigenvalue weighted by Gasteiger charge is -2.38. The van der Waals surface area contributed by atoms with Crippen LogP contribution in [0.15, 0.2) is 0 Å². The summed E-state index contributed by atoms with van der Waals surface area (Å²) >= 11 is 0. The number of nitrogens with one attached hydrogen (secondary N) is 1. The molecule has 0 spiro atoms. The maximum absolute atomic E-state index is 9.76. The zero-order chi connectivity index (χ0) is 10.7. The van der Waals surface area contributed by atoms with Gasteiger partial charge in [-0.3, -0.25) is 0 Å². The highest BCUT2D eigenvalue weighted by Crippen LogP contribution is 2.30. The van der Waals surface area contributed by atoms with E-state index in [1.54, 1.807) is 0 Å². The summed E-state index contributed by atoms with van der Waals surface area (Å²) in [6.07, 6.45) is 2.80. The van der Waals surface area contributed by atoms with Gasteiger partial charge in [0.05, 0.1) is 18.8 Å². The minimum atomic E-state index is -0.536. The first kappa shape index (κ1) is 11.9. The van der Waals surface area contributed by atoms with Crippen LogP contribution in [0.4, 0.5) is 0 Å².